The van der Waals surface area contributed by atoms with E-state index in [1.165, 1.54) is 16.5 Å². The number of hydrogen-bond donors (Lipinski definition) is 1. The third kappa shape index (κ3) is 3.56. The van der Waals surface area contributed by atoms with Gasteiger partial charge in [0.25, 0.3) is 0 Å². The van der Waals surface area contributed by atoms with Gasteiger partial charge in [-0.15, -0.1) is 0 Å². The number of amides is 1. The molecule has 1 N–H and O–H groups in total. The number of nitrogens with one attached hydrogen (secondary N) is 1. The van der Waals surface area contributed by atoms with E-state index < -0.39 is 0 Å². The molecule has 1 aliphatic rings. The van der Waals surface area contributed by atoms with Gasteiger partial charge < -0.3 is 14.6 Å². The second-order valence-corrected chi connectivity index (χ2v) is 6.75. The molecule has 1 fully saturated rings. The summed E-state index contributed by atoms with van der Waals surface area (Å²) in [6.07, 6.45) is 5.09. The van der Waals surface area contributed by atoms with Crippen LogP contribution in [-0.2, 0) is 18.4 Å². The highest BCUT2D eigenvalue weighted by molar-refractivity contribution is 5.85. The molecule has 2 aromatic rings. The summed E-state index contributed by atoms with van der Waals surface area (Å²) in [7, 11) is 5.50. The Hall–Kier alpha value is -2.01. The number of rotatable bonds is 5. The number of piperidine rings is 1. The minimum absolute atomic E-state index is 0.163. The van der Waals surface area contributed by atoms with E-state index in [0.29, 0.717) is 12.3 Å². The summed E-state index contributed by atoms with van der Waals surface area (Å²) in [5.74, 6) is 1.58. The van der Waals surface area contributed by atoms with Crippen LogP contribution < -0.4 is 10.1 Å². The molecular formula is C19H27N3O2. The minimum Gasteiger partial charge on any atom is -0.497 e. The van der Waals surface area contributed by atoms with Crippen LogP contribution in [-0.4, -0.2) is 42.6 Å². The minimum atomic E-state index is 0.163. The van der Waals surface area contributed by atoms with E-state index in [-0.39, 0.29) is 5.91 Å². The molecule has 5 heteroatoms. The van der Waals surface area contributed by atoms with Crippen molar-refractivity contribution in [1.82, 2.24) is 14.8 Å². The van der Waals surface area contributed by atoms with Crippen LogP contribution in [0.3, 0.4) is 0 Å². The van der Waals surface area contributed by atoms with Crippen LogP contribution in [0.15, 0.2) is 24.4 Å². The van der Waals surface area contributed by atoms with E-state index in [9.17, 15) is 4.79 Å². The van der Waals surface area contributed by atoms with Crippen molar-refractivity contribution in [1.29, 1.82) is 0 Å². The Morgan fingerprint density at radius 3 is 2.75 bits per heavy atom. The van der Waals surface area contributed by atoms with E-state index >= 15 is 0 Å². The number of ether oxygens (including phenoxy) is 1. The van der Waals surface area contributed by atoms with Gasteiger partial charge in [-0.3, -0.25) is 9.69 Å². The SMILES string of the molecule is CNC(=O)CC1CCN(Cc2cn(C)c3cc(OC)ccc23)CC1. The molecule has 0 unspecified atom stereocenters. The molecule has 0 bridgehead atoms. The molecule has 0 saturated carbocycles. The van der Waals surface area contributed by atoms with Crippen LogP contribution in [0, 0.1) is 5.92 Å². The van der Waals surface area contributed by atoms with Gasteiger partial charge in [0, 0.05) is 44.7 Å². The predicted octanol–water partition coefficient (Wildman–Crippen LogP) is 2.54. The van der Waals surface area contributed by atoms with E-state index in [0.717, 1.165) is 38.2 Å². The van der Waals surface area contributed by atoms with Gasteiger partial charge in [-0.25, -0.2) is 0 Å². The Bertz CT molecular complexity index is 715. The maximum atomic E-state index is 11.5. The molecule has 0 atom stereocenters. The standard InChI is InChI=1S/C19H27N3O2/c1-20-19(23)10-14-6-8-22(9-7-14)13-15-12-21(2)18-11-16(24-3)4-5-17(15)18/h4-5,11-12,14H,6-10,13H2,1-3H3,(H,20,23). The fourth-order valence-electron chi connectivity index (χ4n) is 3.65. The molecule has 0 radical (unpaired) electrons. The zero-order valence-electron chi connectivity index (χ0n) is 14.8. The number of fused-ring (bicyclic) bond motifs is 1. The molecule has 1 aromatic heterocycles. The summed E-state index contributed by atoms with van der Waals surface area (Å²) >= 11 is 0. The maximum Gasteiger partial charge on any atom is 0.220 e. The Morgan fingerprint density at radius 1 is 1.33 bits per heavy atom. The van der Waals surface area contributed by atoms with Gasteiger partial charge in [-0.2, -0.15) is 0 Å². The molecule has 3 rings (SSSR count). The van der Waals surface area contributed by atoms with Crippen molar-refractivity contribution in [2.75, 3.05) is 27.2 Å². The number of aryl methyl sites for hydroxylation is 1. The Morgan fingerprint density at radius 2 is 2.08 bits per heavy atom. The van der Waals surface area contributed by atoms with Crippen LogP contribution in [0.25, 0.3) is 10.9 Å². The molecule has 0 aliphatic carbocycles. The zero-order chi connectivity index (χ0) is 17.1. The lowest BCUT2D eigenvalue weighted by molar-refractivity contribution is -0.121. The third-order valence-corrected chi connectivity index (χ3v) is 5.13. The number of benzene rings is 1. The number of carbonyl (C=O) groups is 1. The van der Waals surface area contributed by atoms with Crippen molar-refractivity contribution in [2.24, 2.45) is 13.0 Å². The van der Waals surface area contributed by atoms with Crippen LogP contribution in [0.5, 0.6) is 5.75 Å². The molecule has 1 saturated heterocycles. The number of aromatic nitrogens is 1. The van der Waals surface area contributed by atoms with Crippen molar-refractivity contribution < 1.29 is 9.53 Å². The molecule has 1 aliphatic heterocycles. The lowest BCUT2D eigenvalue weighted by Gasteiger charge is -2.31. The lowest BCUT2D eigenvalue weighted by Crippen LogP contribution is -2.35. The lowest BCUT2D eigenvalue weighted by atomic mass is 9.93. The fourth-order valence-corrected chi connectivity index (χ4v) is 3.65. The van der Waals surface area contributed by atoms with Gasteiger partial charge in [-0.05, 0) is 49.5 Å². The van der Waals surface area contributed by atoms with Crippen LogP contribution in [0.2, 0.25) is 0 Å². The smallest absolute Gasteiger partial charge is 0.220 e. The number of methoxy groups -OCH3 is 1. The molecule has 130 valence electrons. The monoisotopic (exact) mass is 329 g/mol. The Labute approximate surface area is 143 Å². The largest absolute Gasteiger partial charge is 0.497 e. The van der Waals surface area contributed by atoms with Gasteiger partial charge in [0.2, 0.25) is 5.91 Å². The molecule has 24 heavy (non-hydrogen) atoms. The average Bonchev–Trinajstić information content (AvgIpc) is 2.91. The first kappa shape index (κ1) is 16.8. The molecule has 2 heterocycles. The molecule has 1 amide bonds. The molecule has 0 spiro atoms. The quantitative estimate of drug-likeness (QED) is 0.917. The van der Waals surface area contributed by atoms with Gasteiger partial charge in [0.15, 0.2) is 0 Å². The summed E-state index contributed by atoms with van der Waals surface area (Å²) in [4.78, 5) is 14.0. The van der Waals surface area contributed by atoms with Crippen LogP contribution in [0.4, 0.5) is 0 Å². The summed E-state index contributed by atoms with van der Waals surface area (Å²) in [5.41, 5.74) is 2.57. The normalized spacial score (nSPS) is 16.5. The first-order valence-electron chi connectivity index (χ1n) is 8.65. The van der Waals surface area contributed by atoms with E-state index in [4.69, 9.17) is 4.74 Å². The van der Waals surface area contributed by atoms with Gasteiger partial charge in [0.05, 0.1) is 12.6 Å². The zero-order valence-corrected chi connectivity index (χ0v) is 14.8. The van der Waals surface area contributed by atoms with Gasteiger partial charge >= 0.3 is 0 Å². The Kier molecular flexibility index (Phi) is 5.09. The molecular weight excluding hydrogens is 302 g/mol. The second-order valence-electron chi connectivity index (χ2n) is 6.75. The van der Waals surface area contributed by atoms with Crippen molar-refractivity contribution >= 4 is 16.8 Å². The van der Waals surface area contributed by atoms with Crippen molar-refractivity contribution in [2.45, 2.75) is 25.8 Å². The topological polar surface area (TPSA) is 46.5 Å². The highest BCUT2D eigenvalue weighted by Crippen LogP contribution is 2.28. The molecule has 1 aromatic carbocycles. The van der Waals surface area contributed by atoms with E-state index in [1.54, 1.807) is 14.2 Å². The van der Waals surface area contributed by atoms with E-state index in [1.807, 2.05) is 6.07 Å². The molecule has 5 nitrogen and oxygen atoms in total. The highest BCUT2D eigenvalue weighted by atomic mass is 16.5. The Balaban J connectivity index is 1.65. The predicted molar refractivity (Wildman–Crippen MR) is 96.2 cm³/mol. The maximum absolute atomic E-state index is 11.5. The van der Waals surface area contributed by atoms with Crippen LogP contribution in [0.1, 0.15) is 24.8 Å². The summed E-state index contributed by atoms with van der Waals surface area (Å²) in [5, 5.41) is 4.03. The number of nitrogens with zero attached hydrogens (tertiary/aromatic N) is 2. The summed E-state index contributed by atoms with van der Waals surface area (Å²) in [6.45, 7) is 3.10. The number of hydrogen-bond acceptors (Lipinski definition) is 3. The van der Waals surface area contributed by atoms with E-state index in [2.05, 4.69) is 40.2 Å². The number of carbonyl (C=O) groups excluding carboxylic acids is 1. The first-order chi connectivity index (χ1) is 11.6. The highest BCUT2D eigenvalue weighted by Gasteiger charge is 2.22. The summed E-state index contributed by atoms with van der Waals surface area (Å²) in [6, 6.07) is 6.28. The van der Waals surface area contributed by atoms with Gasteiger partial charge in [0.1, 0.15) is 5.75 Å². The van der Waals surface area contributed by atoms with Crippen molar-refractivity contribution in [3.63, 3.8) is 0 Å². The number of likely N-dealkylation sites (tertiary alicyclic amines) is 1. The average molecular weight is 329 g/mol. The first-order valence-corrected chi connectivity index (χ1v) is 8.65. The van der Waals surface area contributed by atoms with Gasteiger partial charge in [-0.1, -0.05) is 0 Å². The summed E-state index contributed by atoms with van der Waals surface area (Å²) < 4.78 is 7.50. The van der Waals surface area contributed by atoms with Crippen LogP contribution >= 0.6 is 0 Å². The van der Waals surface area contributed by atoms with Crippen molar-refractivity contribution in [3.05, 3.63) is 30.0 Å². The second kappa shape index (κ2) is 7.26. The third-order valence-electron chi connectivity index (χ3n) is 5.13. The fraction of sp³-hybridized carbons (Fsp3) is 0.526. The van der Waals surface area contributed by atoms with Crippen molar-refractivity contribution in [3.8, 4) is 5.75 Å².